The molecule has 0 aromatic carbocycles. The summed E-state index contributed by atoms with van der Waals surface area (Å²) in [6.07, 6.45) is 3.30. The van der Waals surface area contributed by atoms with Gasteiger partial charge in [-0.3, -0.25) is 9.69 Å². The second kappa shape index (κ2) is 6.24. The lowest BCUT2D eigenvalue weighted by molar-refractivity contribution is 0.0943. The average Bonchev–Trinajstić information content (AvgIpc) is 3.04. The van der Waals surface area contributed by atoms with Crippen molar-refractivity contribution in [2.24, 2.45) is 0 Å². The number of nitrogens with zero attached hydrogens (tertiary/aromatic N) is 3. The van der Waals surface area contributed by atoms with Crippen molar-refractivity contribution in [2.75, 3.05) is 19.6 Å². The van der Waals surface area contributed by atoms with Crippen LogP contribution < -0.4 is 5.32 Å². The smallest absolute Gasteiger partial charge is 0.265 e. The number of aromatic nitrogens is 2. The maximum Gasteiger partial charge on any atom is 0.265 e. The van der Waals surface area contributed by atoms with Crippen molar-refractivity contribution in [1.82, 2.24) is 19.8 Å². The average molecular weight is 268 g/mol. The zero-order valence-electron chi connectivity index (χ0n) is 11.0. The minimum atomic E-state index is -0.0344. The highest BCUT2D eigenvalue weighted by Crippen LogP contribution is 2.12. The van der Waals surface area contributed by atoms with Crippen LogP contribution in [-0.4, -0.2) is 46.1 Å². The van der Waals surface area contributed by atoms with Crippen LogP contribution in [0, 0.1) is 0 Å². The summed E-state index contributed by atoms with van der Waals surface area (Å²) in [5.74, 6) is -0.0344. The van der Waals surface area contributed by atoms with Crippen LogP contribution in [0.4, 0.5) is 0 Å². The molecule has 1 N–H and O–H groups in total. The Morgan fingerprint density at radius 1 is 1.50 bits per heavy atom. The van der Waals surface area contributed by atoms with Crippen LogP contribution in [0.5, 0.6) is 0 Å². The predicted molar refractivity (Wildman–Crippen MR) is 71.9 cm³/mol. The molecule has 1 amide bonds. The van der Waals surface area contributed by atoms with E-state index < -0.39 is 0 Å². The molecule has 0 radical (unpaired) electrons. The minimum absolute atomic E-state index is 0.0344. The first-order valence-electron chi connectivity index (χ1n) is 6.55. The number of hydrogen-bond acceptors (Lipinski definition) is 5. The van der Waals surface area contributed by atoms with Gasteiger partial charge in [-0.05, 0) is 50.8 Å². The van der Waals surface area contributed by atoms with E-state index in [1.54, 1.807) is 0 Å². The van der Waals surface area contributed by atoms with Gasteiger partial charge in [-0.2, -0.15) is 0 Å². The van der Waals surface area contributed by atoms with E-state index in [4.69, 9.17) is 0 Å². The summed E-state index contributed by atoms with van der Waals surface area (Å²) < 4.78 is 3.84. The van der Waals surface area contributed by atoms with Gasteiger partial charge < -0.3 is 5.32 Å². The van der Waals surface area contributed by atoms with E-state index in [0.29, 0.717) is 17.5 Å². The van der Waals surface area contributed by atoms with Crippen LogP contribution in [0.3, 0.4) is 0 Å². The first kappa shape index (κ1) is 13.4. The highest BCUT2D eigenvalue weighted by Gasteiger charge is 2.20. The Labute approximate surface area is 112 Å². The quantitative estimate of drug-likeness (QED) is 0.875. The molecule has 1 atom stereocenters. The van der Waals surface area contributed by atoms with E-state index >= 15 is 0 Å². The summed E-state index contributed by atoms with van der Waals surface area (Å²) >= 11 is 1.18. The van der Waals surface area contributed by atoms with Gasteiger partial charge in [0.15, 0.2) is 0 Å². The molecule has 6 heteroatoms. The topological polar surface area (TPSA) is 58.1 Å². The van der Waals surface area contributed by atoms with Crippen molar-refractivity contribution >= 4 is 17.4 Å². The number of nitrogens with one attached hydrogen (secondary N) is 1. The lowest BCUT2D eigenvalue weighted by atomic mass is 10.2. The number of carbonyl (C=O) groups excluding carboxylic acids is 1. The number of hydrogen-bond donors (Lipinski definition) is 1. The highest BCUT2D eigenvalue weighted by molar-refractivity contribution is 7.08. The molecule has 2 heterocycles. The maximum absolute atomic E-state index is 12.0. The first-order valence-corrected chi connectivity index (χ1v) is 7.33. The highest BCUT2D eigenvalue weighted by atomic mass is 32.1. The Morgan fingerprint density at radius 3 is 2.89 bits per heavy atom. The molecular weight excluding hydrogens is 248 g/mol. The molecule has 1 fully saturated rings. The van der Waals surface area contributed by atoms with Crippen molar-refractivity contribution in [2.45, 2.75) is 39.2 Å². The zero-order valence-corrected chi connectivity index (χ0v) is 11.8. The Bertz CT molecular complexity index is 401. The minimum Gasteiger partial charge on any atom is -0.350 e. The molecule has 1 saturated heterocycles. The van der Waals surface area contributed by atoms with Gasteiger partial charge in [-0.15, -0.1) is 5.10 Å². The largest absolute Gasteiger partial charge is 0.350 e. The van der Waals surface area contributed by atoms with Gasteiger partial charge in [0.25, 0.3) is 5.91 Å². The summed E-state index contributed by atoms with van der Waals surface area (Å²) in [4.78, 5) is 15.1. The summed E-state index contributed by atoms with van der Waals surface area (Å²) in [5.41, 5.74) is 0.798. The zero-order chi connectivity index (χ0) is 13.0. The fourth-order valence-corrected chi connectivity index (χ4v) is 2.91. The third-order valence-corrected chi connectivity index (χ3v) is 4.19. The number of carbonyl (C=O) groups is 1. The second-order valence-corrected chi connectivity index (χ2v) is 5.46. The molecular formula is C12H20N4OS. The molecule has 0 bridgehead atoms. The Morgan fingerprint density at radius 2 is 2.22 bits per heavy atom. The van der Waals surface area contributed by atoms with E-state index in [9.17, 15) is 4.79 Å². The fraction of sp³-hybridized carbons (Fsp3) is 0.750. The SMILES string of the molecule is CCc1nnsc1C(=O)NCC(C)N1CCCC1. The Hall–Kier alpha value is -1.01. The molecule has 1 aliphatic heterocycles. The van der Waals surface area contributed by atoms with Gasteiger partial charge in [-0.25, -0.2) is 0 Å². The molecule has 1 aliphatic rings. The summed E-state index contributed by atoms with van der Waals surface area (Å²) in [6, 6.07) is 0.405. The normalized spacial score (nSPS) is 17.9. The molecule has 1 unspecified atom stereocenters. The maximum atomic E-state index is 12.0. The lowest BCUT2D eigenvalue weighted by Crippen LogP contribution is -2.40. The fourth-order valence-electron chi connectivity index (χ4n) is 2.24. The van der Waals surface area contributed by atoms with Crippen molar-refractivity contribution in [3.05, 3.63) is 10.6 Å². The molecule has 0 saturated carbocycles. The van der Waals surface area contributed by atoms with Crippen LogP contribution >= 0.6 is 11.5 Å². The third kappa shape index (κ3) is 3.05. The Balaban J connectivity index is 1.84. The van der Waals surface area contributed by atoms with Crippen molar-refractivity contribution in [3.63, 3.8) is 0 Å². The van der Waals surface area contributed by atoms with E-state index in [1.165, 1.54) is 24.4 Å². The molecule has 5 nitrogen and oxygen atoms in total. The van der Waals surface area contributed by atoms with Gasteiger partial charge in [0.05, 0.1) is 5.69 Å². The van der Waals surface area contributed by atoms with Gasteiger partial charge in [0.2, 0.25) is 0 Å². The van der Waals surface area contributed by atoms with Crippen LogP contribution in [0.2, 0.25) is 0 Å². The van der Waals surface area contributed by atoms with Crippen LogP contribution in [0.25, 0.3) is 0 Å². The molecule has 1 aromatic heterocycles. The van der Waals surface area contributed by atoms with Gasteiger partial charge in [0, 0.05) is 12.6 Å². The molecule has 100 valence electrons. The summed E-state index contributed by atoms with van der Waals surface area (Å²) in [5, 5.41) is 6.94. The van der Waals surface area contributed by atoms with Crippen molar-refractivity contribution in [3.8, 4) is 0 Å². The monoisotopic (exact) mass is 268 g/mol. The number of rotatable bonds is 5. The van der Waals surface area contributed by atoms with E-state index in [-0.39, 0.29) is 5.91 Å². The van der Waals surface area contributed by atoms with Crippen LogP contribution in [-0.2, 0) is 6.42 Å². The molecule has 1 aromatic rings. The number of amides is 1. The Kier molecular flexibility index (Phi) is 4.66. The first-order chi connectivity index (χ1) is 8.72. The van der Waals surface area contributed by atoms with Gasteiger partial charge >= 0.3 is 0 Å². The molecule has 0 spiro atoms. The third-order valence-electron chi connectivity index (χ3n) is 3.42. The lowest BCUT2D eigenvalue weighted by Gasteiger charge is -2.23. The van der Waals surface area contributed by atoms with E-state index in [1.807, 2.05) is 6.92 Å². The van der Waals surface area contributed by atoms with Gasteiger partial charge in [-0.1, -0.05) is 11.4 Å². The molecule has 0 aliphatic carbocycles. The molecule has 18 heavy (non-hydrogen) atoms. The van der Waals surface area contributed by atoms with Gasteiger partial charge in [0.1, 0.15) is 4.88 Å². The summed E-state index contributed by atoms with van der Waals surface area (Å²) in [7, 11) is 0. The predicted octanol–water partition coefficient (Wildman–Crippen LogP) is 1.31. The van der Waals surface area contributed by atoms with Crippen molar-refractivity contribution < 1.29 is 4.79 Å². The van der Waals surface area contributed by atoms with Crippen molar-refractivity contribution in [1.29, 1.82) is 0 Å². The summed E-state index contributed by atoms with van der Waals surface area (Å²) in [6.45, 7) is 7.15. The van der Waals surface area contributed by atoms with Crippen LogP contribution in [0.15, 0.2) is 0 Å². The van der Waals surface area contributed by atoms with E-state index in [0.717, 1.165) is 25.2 Å². The second-order valence-electron chi connectivity index (χ2n) is 4.70. The number of aryl methyl sites for hydroxylation is 1. The molecule has 2 rings (SSSR count). The number of likely N-dealkylation sites (tertiary alicyclic amines) is 1. The van der Waals surface area contributed by atoms with Crippen LogP contribution in [0.1, 0.15) is 42.1 Å². The standard InChI is InChI=1S/C12H20N4OS/c1-3-10-11(18-15-14-10)12(17)13-8-9(2)16-6-4-5-7-16/h9H,3-8H2,1-2H3,(H,13,17). The van der Waals surface area contributed by atoms with E-state index in [2.05, 4.69) is 26.7 Å².